The van der Waals surface area contributed by atoms with Crippen molar-refractivity contribution in [1.82, 2.24) is 0 Å². The third kappa shape index (κ3) is 9.39. The van der Waals surface area contributed by atoms with Gasteiger partial charge in [-0.15, -0.1) is 0 Å². The molecule has 0 aromatic rings. The number of carboxylic acid groups (broad SMARTS) is 1. The third-order valence-corrected chi connectivity index (χ3v) is 1.14. The van der Waals surface area contributed by atoms with E-state index in [0.29, 0.717) is 13.0 Å². The summed E-state index contributed by atoms with van der Waals surface area (Å²) in [5, 5.41) is 17.0. The third-order valence-electron chi connectivity index (χ3n) is 1.14. The summed E-state index contributed by atoms with van der Waals surface area (Å²) in [7, 11) is 0. The molecule has 4 nitrogen and oxygen atoms in total. The summed E-state index contributed by atoms with van der Waals surface area (Å²) in [5.41, 5.74) is 0. The van der Waals surface area contributed by atoms with Gasteiger partial charge < -0.3 is 14.9 Å². The second kappa shape index (κ2) is 6.12. The Bertz CT molecular complexity index is 111. The fourth-order valence-corrected chi connectivity index (χ4v) is 0.515. The SMILES string of the molecule is CC(O)CCOCCC(=O)O. The first-order valence-corrected chi connectivity index (χ1v) is 3.60. The van der Waals surface area contributed by atoms with E-state index in [4.69, 9.17) is 14.9 Å². The largest absolute Gasteiger partial charge is 0.481 e. The first-order valence-electron chi connectivity index (χ1n) is 3.60. The summed E-state index contributed by atoms with van der Waals surface area (Å²) in [4.78, 5) is 9.97. The summed E-state index contributed by atoms with van der Waals surface area (Å²) in [5.74, 6) is -0.859. The molecule has 0 saturated carbocycles. The molecule has 0 rings (SSSR count). The van der Waals surface area contributed by atoms with Crippen molar-refractivity contribution in [1.29, 1.82) is 0 Å². The number of aliphatic carboxylic acids is 1. The number of hydrogen-bond acceptors (Lipinski definition) is 3. The van der Waals surface area contributed by atoms with Crippen molar-refractivity contribution < 1.29 is 19.7 Å². The number of rotatable bonds is 6. The molecular formula is C7H14O4. The van der Waals surface area contributed by atoms with Crippen LogP contribution in [0.3, 0.4) is 0 Å². The second-order valence-corrected chi connectivity index (χ2v) is 2.39. The standard InChI is InChI=1S/C7H14O4/c1-6(8)2-4-11-5-3-7(9)10/h6,8H,2-5H2,1H3,(H,9,10). The maximum atomic E-state index is 9.97. The van der Waals surface area contributed by atoms with Crippen molar-refractivity contribution in [2.45, 2.75) is 25.9 Å². The van der Waals surface area contributed by atoms with Crippen LogP contribution in [0, 0.1) is 0 Å². The molecule has 0 saturated heterocycles. The average Bonchev–Trinajstić information content (AvgIpc) is 1.85. The van der Waals surface area contributed by atoms with E-state index in [1.54, 1.807) is 6.92 Å². The molecule has 66 valence electrons. The van der Waals surface area contributed by atoms with Crippen LogP contribution in [0.15, 0.2) is 0 Å². The molecule has 0 aliphatic heterocycles. The topological polar surface area (TPSA) is 66.8 Å². The van der Waals surface area contributed by atoms with Crippen molar-refractivity contribution in [3.8, 4) is 0 Å². The molecular weight excluding hydrogens is 148 g/mol. The number of carbonyl (C=O) groups is 1. The molecule has 0 bridgehead atoms. The summed E-state index contributed by atoms with van der Waals surface area (Å²) in [6, 6.07) is 0. The molecule has 0 fully saturated rings. The van der Waals surface area contributed by atoms with Crippen LogP contribution in [-0.4, -0.2) is 35.5 Å². The molecule has 1 unspecified atom stereocenters. The minimum atomic E-state index is -0.859. The molecule has 0 radical (unpaired) electrons. The predicted octanol–water partition coefficient (Wildman–Crippen LogP) is 0.249. The van der Waals surface area contributed by atoms with Gasteiger partial charge in [-0.05, 0) is 13.3 Å². The van der Waals surface area contributed by atoms with Crippen LogP contribution >= 0.6 is 0 Å². The molecule has 2 N–H and O–H groups in total. The van der Waals surface area contributed by atoms with E-state index in [1.165, 1.54) is 0 Å². The van der Waals surface area contributed by atoms with Gasteiger partial charge in [-0.25, -0.2) is 0 Å². The van der Waals surface area contributed by atoms with Gasteiger partial charge in [0, 0.05) is 6.61 Å². The highest BCUT2D eigenvalue weighted by Gasteiger charge is 1.97. The fraction of sp³-hybridized carbons (Fsp3) is 0.857. The first-order chi connectivity index (χ1) is 5.13. The molecule has 1 atom stereocenters. The molecule has 11 heavy (non-hydrogen) atoms. The molecule has 0 aromatic carbocycles. The molecule has 0 aromatic heterocycles. The van der Waals surface area contributed by atoms with Crippen LogP contribution in [0.4, 0.5) is 0 Å². The van der Waals surface area contributed by atoms with E-state index in [1.807, 2.05) is 0 Å². The van der Waals surface area contributed by atoms with E-state index in [-0.39, 0.29) is 19.1 Å². The summed E-state index contributed by atoms with van der Waals surface area (Å²) in [6.07, 6.45) is 0.208. The van der Waals surface area contributed by atoms with Crippen molar-refractivity contribution in [2.75, 3.05) is 13.2 Å². The molecule has 4 heteroatoms. The Kier molecular flexibility index (Phi) is 5.78. The number of ether oxygens (including phenoxy) is 1. The van der Waals surface area contributed by atoms with Crippen LogP contribution in [0.2, 0.25) is 0 Å². The zero-order valence-corrected chi connectivity index (χ0v) is 6.62. The van der Waals surface area contributed by atoms with Gasteiger partial charge in [0.1, 0.15) is 0 Å². The lowest BCUT2D eigenvalue weighted by atomic mass is 10.3. The van der Waals surface area contributed by atoms with E-state index in [9.17, 15) is 4.79 Å². The smallest absolute Gasteiger partial charge is 0.305 e. The zero-order chi connectivity index (χ0) is 8.69. The lowest BCUT2D eigenvalue weighted by Crippen LogP contribution is -2.08. The minimum Gasteiger partial charge on any atom is -0.481 e. The lowest BCUT2D eigenvalue weighted by molar-refractivity contribution is -0.138. The van der Waals surface area contributed by atoms with Gasteiger partial charge in [0.25, 0.3) is 0 Å². The number of aliphatic hydroxyl groups is 1. The monoisotopic (exact) mass is 162 g/mol. The summed E-state index contributed by atoms with van der Waals surface area (Å²) < 4.78 is 4.91. The molecule has 0 heterocycles. The Morgan fingerprint density at radius 3 is 2.64 bits per heavy atom. The van der Waals surface area contributed by atoms with Gasteiger partial charge in [0.2, 0.25) is 0 Å². The Morgan fingerprint density at radius 2 is 2.18 bits per heavy atom. The normalized spacial score (nSPS) is 12.9. The number of aliphatic hydroxyl groups excluding tert-OH is 1. The van der Waals surface area contributed by atoms with Crippen LogP contribution in [0.5, 0.6) is 0 Å². The van der Waals surface area contributed by atoms with Crippen LogP contribution in [-0.2, 0) is 9.53 Å². The summed E-state index contributed by atoms with van der Waals surface area (Å²) >= 11 is 0. The Morgan fingerprint density at radius 1 is 1.55 bits per heavy atom. The first kappa shape index (κ1) is 10.4. The van der Waals surface area contributed by atoms with E-state index >= 15 is 0 Å². The maximum absolute atomic E-state index is 9.97. The highest BCUT2D eigenvalue weighted by molar-refractivity contribution is 5.66. The molecule has 0 aliphatic carbocycles. The predicted molar refractivity (Wildman–Crippen MR) is 39.4 cm³/mol. The van der Waals surface area contributed by atoms with E-state index < -0.39 is 5.97 Å². The van der Waals surface area contributed by atoms with Gasteiger partial charge in [0.05, 0.1) is 19.1 Å². The van der Waals surface area contributed by atoms with Gasteiger partial charge >= 0.3 is 5.97 Å². The van der Waals surface area contributed by atoms with Gasteiger partial charge in [-0.1, -0.05) is 0 Å². The van der Waals surface area contributed by atoms with Crippen molar-refractivity contribution in [2.24, 2.45) is 0 Å². The van der Waals surface area contributed by atoms with Crippen molar-refractivity contribution >= 4 is 5.97 Å². The molecule has 0 aliphatic rings. The Balaban J connectivity index is 2.97. The second-order valence-electron chi connectivity index (χ2n) is 2.39. The van der Waals surface area contributed by atoms with Crippen molar-refractivity contribution in [3.63, 3.8) is 0 Å². The van der Waals surface area contributed by atoms with E-state index in [0.717, 1.165) is 0 Å². The highest BCUT2D eigenvalue weighted by atomic mass is 16.5. The van der Waals surface area contributed by atoms with Gasteiger partial charge in [-0.2, -0.15) is 0 Å². The Labute approximate surface area is 65.8 Å². The van der Waals surface area contributed by atoms with Gasteiger partial charge in [0.15, 0.2) is 0 Å². The lowest BCUT2D eigenvalue weighted by Gasteiger charge is -2.03. The average molecular weight is 162 g/mol. The highest BCUT2D eigenvalue weighted by Crippen LogP contribution is 1.91. The maximum Gasteiger partial charge on any atom is 0.305 e. The molecule has 0 amide bonds. The van der Waals surface area contributed by atoms with Gasteiger partial charge in [-0.3, -0.25) is 4.79 Å². The number of carboxylic acids is 1. The zero-order valence-electron chi connectivity index (χ0n) is 6.62. The quantitative estimate of drug-likeness (QED) is 0.549. The molecule has 0 spiro atoms. The van der Waals surface area contributed by atoms with Crippen LogP contribution in [0.25, 0.3) is 0 Å². The number of hydrogen-bond donors (Lipinski definition) is 2. The van der Waals surface area contributed by atoms with E-state index in [2.05, 4.69) is 0 Å². The van der Waals surface area contributed by atoms with Crippen LogP contribution < -0.4 is 0 Å². The summed E-state index contributed by atoms with van der Waals surface area (Å²) in [6.45, 7) is 2.31. The Hall–Kier alpha value is -0.610. The van der Waals surface area contributed by atoms with Crippen LogP contribution in [0.1, 0.15) is 19.8 Å². The minimum absolute atomic E-state index is 0.0276. The fourth-order valence-electron chi connectivity index (χ4n) is 0.515. The van der Waals surface area contributed by atoms with Crippen molar-refractivity contribution in [3.05, 3.63) is 0 Å².